The van der Waals surface area contributed by atoms with E-state index in [2.05, 4.69) is 119 Å². The van der Waals surface area contributed by atoms with Crippen LogP contribution >= 0.6 is 0 Å². The normalized spacial score (nSPS) is 12.2. The van der Waals surface area contributed by atoms with Crippen LogP contribution in [0.3, 0.4) is 0 Å². The highest BCUT2D eigenvalue weighted by atomic mass is 16.5. The summed E-state index contributed by atoms with van der Waals surface area (Å²) in [6.45, 7) is 2.01. The van der Waals surface area contributed by atoms with Gasteiger partial charge >= 0.3 is 0 Å². The van der Waals surface area contributed by atoms with E-state index in [0.717, 1.165) is 58.3 Å². The maximum absolute atomic E-state index is 12.9. The molecule has 0 saturated carbocycles. The van der Waals surface area contributed by atoms with Gasteiger partial charge in [-0.05, 0) is 146 Å². The third-order valence-corrected chi connectivity index (χ3v) is 10.0. The van der Waals surface area contributed by atoms with Gasteiger partial charge in [0, 0.05) is 45.3 Å². The molecule has 0 bridgehead atoms. The lowest BCUT2D eigenvalue weighted by molar-refractivity contribution is 0.103. The number of carbonyl (C=O) groups excluding carboxylic acids is 1. The molecule has 1 aliphatic rings. The lowest BCUT2D eigenvalue weighted by atomic mass is 9.94. The molecule has 274 valence electrons. The number of hydrogen-bond acceptors (Lipinski definition) is 5. The molecule has 0 unspecified atom stereocenters. The fourth-order valence-electron chi connectivity index (χ4n) is 7.04. The molecule has 5 nitrogen and oxygen atoms in total. The zero-order valence-corrected chi connectivity index (χ0v) is 31.5. The van der Waals surface area contributed by atoms with Crippen molar-refractivity contribution in [1.29, 1.82) is 0 Å². The zero-order valence-electron chi connectivity index (χ0n) is 31.5. The van der Waals surface area contributed by atoms with Gasteiger partial charge in [-0.25, -0.2) is 0 Å². The molecule has 8 rings (SSSR count). The van der Waals surface area contributed by atoms with Gasteiger partial charge < -0.3 is 19.3 Å². The summed E-state index contributed by atoms with van der Waals surface area (Å²) in [4.78, 5) is 17.5. The first-order valence-electron chi connectivity index (χ1n) is 18.9. The number of rotatable bonds is 12. The van der Waals surface area contributed by atoms with Crippen LogP contribution < -0.4 is 19.3 Å². The van der Waals surface area contributed by atoms with Gasteiger partial charge in [0.05, 0.1) is 7.11 Å². The highest BCUT2D eigenvalue weighted by Crippen LogP contribution is 2.39. The van der Waals surface area contributed by atoms with Gasteiger partial charge in [-0.1, -0.05) is 84.4 Å². The van der Waals surface area contributed by atoms with E-state index >= 15 is 0 Å². The molecule has 0 aliphatic heterocycles. The summed E-state index contributed by atoms with van der Waals surface area (Å²) in [5.74, 6) is 2.22. The molecule has 56 heavy (non-hydrogen) atoms. The van der Waals surface area contributed by atoms with Crippen LogP contribution in [-0.4, -0.2) is 12.9 Å². The number of hydrogen-bond donors (Lipinski definition) is 0. The monoisotopic (exact) mass is 730 g/mol. The molecule has 0 N–H and O–H groups in total. The molecular formula is C51H42N2O3. The molecule has 7 aromatic carbocycles. The second-order valence-corrected chi connectivity index (χ2v) is 13.8. The molecule has 1 aliphatic carbocycles. The average molecular weight is 731 g/mol. The van der Waals surface area contributed by atoms with Crippen LogP contribution in [0.15, 0.2) is 200 Å². The van der Waals surface area contributed by atoms with Crippen molar-refractivity contribution in [3.8, 4) is 17.2 Å². The Labute approximate surface area is 329 Å². The van der Waals surface area contributed by atoms with Crippen molar-refractivity contribution in [2.75, 3.05) is 16.9 Å². The highest BCUT2D eigenvalue weighted by molar-refractivity contribution is 6.09. The Hall–Kier alpha value is -7.11. The quantitative estimate of drug-likeness (QED) is 0.117. The lowest BCUT2D eigenvalue weighted by Crippen LogP contribution is -2.17. The van der Waals surface area contributed by atoms with Crippen molar-refractivity contribution in [2.24, 2.45) is 0 Å². The topological polar surface area (TPSA) is 42.0 Å². The van der Waals surface area contributed by atoms with Gasteiger partial charge in [-0.15, -0.1) is 0 Å². The summed E-state index contributed by atoms with van der Waals surface area (Å²) >= 11 is 0. The van der Waals surface area contributed by atoms with Gasteiger partial charge in [-0.3, -0.25) is 4.79 Å². The predicted octanol–water partition coefficient (Wildman–Crippen LogP) is 13.4. The molecule has 0 aromatic heterocycles. The van der Waals surface area contributed by atoms with Crippen molar-refractivity contribution in [2.45, 2.75) is 19.8 Å². The first-order chi connectivity index (χ1) is 27.5. The Morgan fingerprint density at radius 1 is 0.464 bits per heavy atom. The molecule has 0 heterocycles. The summed E-state index contributed by atoms with van der Waals surface area (Å²) in [6, 6.07) is 61.1. The minimum atomic E-state index is -0.00488. The molecule has 0 fully saturated rings. The Kier molecular flexibility index (Phi) is 10.6. The average Bonchev–Trinajstić information content (AvgIpc) is 3.26. The minimum Gasteiger partial charge on any atom is -0.497 e. The van der Waals surface area contributed by atoms with Crippen LogP contribution in [0.1, 0.15) is 39.9 Å². The van der Waals surface area contributed by atoms with E-state index in [9.17, 15) is 4.79 Å². The molecule has 0 spiro atoms. The summed E-state index contributed by atoms with van der Waals surface area (Å²) in [7, 11) is 1.69. The Morgan fingerprint density at radius 3 is 1.43 bits per heavy atom. The smallest absolute Gasteiger partial charge is 0.193 e. The van der Waals surface area contributed by atoms with Crippen LogP contribution in [-0.2, 0) is 0 Å². The van der Waals surface area contributed by atoms with Gasteiger partial charge in [0.15, 0.2) is 5.78 Å². The van der Waals surface area contributed by atoms with E-state index in [-0.39, 0.29) is 5.78 Å². The van der Waals surface area contributed by atoms with E-state index in [4.69, 9.17) is 9.47 Å². The number of aryl methyl sites for hydroxylation is 1. The number of carbonyl (C=O) groups is 1. The zero-order chi connectivity index (χ0) is 38.3. The van der Waals surface area contributed by atoms with Gasteiger partial charge in [0.2, 0.25) is 0 Å². The van der Waals surface area contributed by atoms with Crippen molar-refractivity contribution in [3.05, 3.63) is 222 Å². The van der Waals surface area contributed by atoms with E-state index in [1.54, 1.807) is 7.11 Å². The van der Waals surface area contributed by atoms with Gasteiger partial charge in [-0.2, -0.15) is 0 Å². The van der Waals surface area contributed by atoms with Crippen molar-refractivity contribution in [3.63, 3.8) is 0 Å². The number of ether oxygens (including phenoxy) is 2. The van der Waals surface area contributed by atoms with Gasteiger partial charge in [0.1, 0.15) is 17.2 Å². The van der Waals surface area contributed by atoms with E-state index in [1.807, 2.05) is 91.9 Å². The molecular weight excluding hydrogens is 689 g/mol. The maximum Gasteiger partial charge on any atom is 0.193 e. The number of para-hydroxylation sites is 2. The molecule has 0 radical (unpaired) electrons. The summed E-state index contributed by atoms with van der Waals surface area (Å²) in [5, 5.41) is 0. The Bertz CT molecular complexity index is 2450. The second-order valence-electron chi connectivity index (χ2n) is 13.8. The number of ketones is 1. The molecule has 0 saturated heterocycles. The van der Waals surface area contributed by atoms with Crippen molar-refractivity contribution in [1.82, 2.24) is 0 Å². The molecule has 5 heteroatoms. The fraction of sp³-hybridized carbons (Fsp3) is 0.0784. The fourth-order valence-corrected chi connectivity index (χ4v) is 7.04. The molecule has 0 atom stereocenters. The Morgan fingerprint density at radius 2 is 0.911 bits per heavy atom. The van der Waals surface area contributed by atoms with E-state index in [1.165, 1.54) is 16.8 Å². The van der Waals surface area contributed by atoms with Crippen molar-refractivity contribution < 1.29 is 14.3 Å². The first-order valence-corrected chi connectivity index (χ1v) is 18.9. The third-order valence-electron chi connectivity index (χ3n) is 10.0. The third kappa shape index (κ3) is 8.03. The standard InChI is InChI=1S/C51H42N2O3/c1-37-13-15-40(16-14-37)51(54)41-21-31-49(32-22-41)56-50-35-29-47(30-36-50)53(43-11-7-4-8-12-43)45-25-19-39(20-26-45)38-17-23-44(24-18-38)52(42-9-5-3-6-10-42)46-27-33-48(55-2)34-28-46/h3-19,21-25,27-36H,20,26H2,1-2H3. The van der Waals surface area contributed by atoms with Crippen LogP contribution in [0.4, 0.5) is 28.4 Å². The predicted molar refractivity (Wildman–Crippen MR) is 229 cm³/mol. The molecule has 7 aromatic rings. The second kappa shape index (κ2) is 16.5. The number of benzene rings is 7. The summed E-state index contributed by atoms with van der Waals surface area (Å²) in [6.07, 6.45) is 6.31. The maximum atomic E-state index is 12.9. The number of nitrogens with zero attached hydrogens (tertiary/aromatic N) is 2. The largest absolute Gasteiger partial charge is 0.497 e. The number of methoxy groups -OCH3 is 1. The van der Waals surface area contributed by atoms with Crippen LogP contribution in [0.2, 0.25) is 0 Å². The lowest BCUT2D eigenvalue weighted by Gasteiger charge is -2.30. The van der Waals surface area contributed by atoms with Crippen molar-refractivity contribution >= 4 is 39.8 Å². The van der Waals surface area contributed by atoms with Crippen LogP contribution in [0, 0.1) is 6.92 Å². The van der Waals surface area contributed by atoms with E-state index in [0.29, 0.717) is 16.9 Å². The van der Waals surface area contributed by atoms with E-state index < -0.39 is 0 Å². The first kappa shape index (κ1) is 35.9. The summed E-state index contributed by atoms with van der Waals surface area (Å²) in [5.41, 5.74) is 11.6. The minimum absolute atomic E-state index is 0.00488. The van der Waals surface area contributed by atoms with Gasteiger partial charge in [0.25, 0.3) is 0 Å². The summed E-state index contributed by atoms with van der Waals surface area (Å²) < 4.78 is 11.6. The highest BCUT2D eigenvalue weighted by Gasteiger charge is 2.19. The van der Waals surface area contributed by atoms with Crippen LogP contribution in [0.5, 0.6) is 17.2 Å². The van der Waals surface area contributed by atoms with Crippen LogP contribution in [0.25, 0.3) is 5.57 Å². The number of allylic oxidation sites excluding steroid dienone is 4. The SMILES string of the molecule is COc1ccc(N(c2ccccc2)c2ccc(C3=CC=C(N(c4ccccc4)c4ccc(Oc5ccc(C(=O)c6ccc(C)cc6)cc5)cc4)CC3)cc2)cc1. The number of anilines is 5. The molecule has 0 amide bonds. The Balaban J connectivity index is 0.998.